The monoisotopic (exact) mass is 899 g/mol. The highest BCUT2D eigenvalue weighted by Gasteiger charge is 2.36. The molecule has 2 aliphatic rings. The first-order valence-corrected chi connectivity index (χ1v) is 24.6. The molecule has 0 aliphatic carbocycles. The van der Waals surface area contributed by atoms with Crippen LogP contribution in [-0.4, -0.2) is 19.5 Å². The first-order valence-electron chi connectivity index (χ1n) is 24.6. The Morgan fingerprint density at radius 1 is 0.456 bits per heavy atom. The van der Waals surface area contributed by atoms with Gasteiger partial charge in [-0.3, -0.25) is 0 Å². The van der Waals surface area contributed by atoms with Crippen LogP contribution < -0.4 is 0 Å². The van der Waals surface area contributed by atoms with Crippen molar-refractivity contribution in [3.05, 3.63) is 147 Å². The van der Waals surface area contributed by atoms with E-state index in [9.17, 15) is 0 Å². The first-order chi connectivity index (χ1) is 31.5. The minimum absolute atomic E-state index is 0.159. The number of aromatic nitrogens is 4. The molecule has 1 N–H and O–H groups in total. The Morgan fingerprint density at radius 2 is 0.882 bits per heavy atom. The van der Waals surface area contributed by atoms with Gasteiger partial charge in [-0.15, -0.1) is 6.42 Å². The molecule has 3 aromatic heterocycles. The van der Waals surface area contributed by atoms with Crippen molar-refractivity contribution in [1.29, 1.82) is 0 Å². The third-order valence-electron chi connectivity index (χ3n) is 13.4. The molecule has 8 bridgehead atoms. The van der Waals surface area contributed by atoms with Crippen LogP contribution in [0.5, 0.6) is 0 Å². The Labute approximate surface area is 408 Å². The molecule has 0 fully saturated rings. The van der Waals surface area contributed by atoms with Gasteiger partial charge in [-0.25, -0.2) is 9.97 Å². The Morgan fingerprint density at radius 3 is 1.35 bits per heavy atom. The molecular weight excluding hydrogens is 825 g/mol. The number of hydrogen-bond acceptors (Lipinski definition) is 2. The van der Waals surface area contributed by atoms with Crippen molar-refractivity contribution in [1.82, 2.24) is 19.5 Å². The van der Waals surface area contributed by atoms with E-state index in [-0.39, 0.29) is 32.5 Å². The molecule has 6 aromatic rings. The lowest BCUT2D eigenvalue weighted by atomic mass is 9.71. The van der Waals surface area contributed by atoms with E-state index in [0.29, 0.717) is 0 Å². The smallest absolute Gasteiger partial charge is 0.0737 e. The van der Waals surface area contributed by atoms with Crippen LogP contribution in [-0.2, 0) is 32.5 Å². The zero-order valence-corrected chi connectivity index (χ0v) is 44.3. The molecule has 350 valence electrons. The van der Waals surface area contributed by atoms with Crippen LogP contribution in [0.25, 0.3) is 74.3 Å². The third kappa shape index (κ3) is 8.86. The predicted molar refractivity (Wildman–Crippen MR) is 295 cm³/mol. The van der Waals surface area contributed by atoms with Gasteiger partial charge < -0.3 is 9.55 Å². The quantitative estimate of drug-likeness (QED) is 0.180. The molecule has 68 heavy (non-hydrogen) atoms. The number of fused-ring (bicyclic) bond motifs is 8. The van der Waals surface area contributed by atoms with Crippen LogP contribution in [0, 0.1) is 12.3 Å². The van der Waals surface area contributed by atoms with Crippen molar-refractivity contribution >= 4 is 46.4 Å². The molecule has 2 aliphatic heterocycles. The van der Waals surface area contributed by atoms with E-state index in [2.05, 4.69) is 249 Å². The standard InChI is InChI=1S/C64H74N4/c1-20-44-52-38-43-33-32-40(66-43)36-39-30-31-41(65-39)37-42-34-35-50(67-42)54(46-25-22-27-48(60(5,6)7)56(46)63(14,15)16)58(53(44)45-24-21-26-47(59(2,3)4)55(45)62(11,12)13)68(52)51-29-23-28-49(61(8,9)10)57(51)64(17,18)19/h1,21-38,65H,2-19H3. The van der Waals surface area contributed by atoms with Gasteiger partial charge in [0.05, 0.1) is 45.1 Å². The fourth-order valence-corrected chi connectivity index (χ4v) is 10.7. The number of H-pyrrole nitrogens is 1. The van der Waals surface area contributed by atoms with E-state index in [4.69, 9.17) is 16.4 Å². The molecule has 0 radical (unpaired) electrons. The van der Waals surface area contributed by atoms with Gasteiger partial charge in [0.2, 0.25) is 0 Å². The molecule has 8 rings (SSSR count). The second-order valence-corrected chi connectivity index (χ2v) is 25.3. The zero-order valence-electron chi connectivity index (χ0n) is 44.3. The lowest BCUT2D eigenvalue weighted by molar-refractivity contribution is 0.528. The summed E-state index contributed by atoms with van der Waals surface area (Å²) in [4.78, 5) is 14.5. The summed E-state index contributed by atoms with van der Waals surface area (Å²) in [5, 5.41) is 0. The van der Waals surface area contributed by atoms with Gasteiger partial charge in [0.1, 0.15) is 0 Å². The highest BCUT2D eigenvalue weighted by molar-refractivity contribution is 6.07. The van der Waals surface area contributed by atoms with Gasteiger partial charge in [-0.05, 0) is 138 Å². The number of nitrogens with zero attached hydrogens (tertiary/aromatic N) is 3. The maximum Gasteiger partial charge on any atom is 0.0737 e. The van der Waals surface area contributed by atoms with E-state index < -0.39 is 0 Å². The van der Waals surface area contributed by atoms with Crippen LogP contribution in [0.4, 0.5) is 0 Å². The fraction of sp³-hybridized carbons (Fsp3) is 0.375. The van der Waals surface area contributed by atoms with Crippen molar-refractivity contribution in [2.75, 3.05) is 0 Å². The van der Waals surface area contributed by atoms with Gasteiger partial charge in [-0.2, -0.15) is 0 Å². The lowest BCUT2D eigenvalue weighted by Gasteiger charge is -2.34. The minimum Gasteiger partial charge on any atom is -0.355 e. The van der Waals surface area contributed by atoms with Gasteiger partial charge in [0.15, 0.2) is 0 Å². The molecule has 0 atom stereocenters. The highest BCUT2D eigenvalue weighted by Crippen LogP contribution is 2.51. The Hall–Kier alpha value is -6.18. The largest absolute Gasteiger partial charge is 0.355 e. The van der Waals surface area contributed by atoms with Crippen LogP contribution in [0.1, 0.15) is 186 Å². The maximum atomic E-state index is 7.13. The molecule has 0 saturated carbocycles. The number of nitrogens with one attached hydrogen (secondary N) is 1. The van der Waals surface area contributed by atoms with Crippen molar-refractivity contribution in [2.24, 2.45) is 0 Å². The average Bonchev–Trinajstić information content (AvgIpc) is 4.03. The van der Waals surface area contributed by atoms with Gasteiger partial charge in [0.25, 0.3) is 0 Å². The van der Waals surface area contributed by atoms with Gasteiger partial charge in [-0.1, -0.05) is 179 Å². The number of rotatable bonds is 3. The number of hydrogen-bond donors (Lipinski definition) is 1. The fourth-order valence-electron chi connectivity index (χ4n) is 10.7. The summed E-state index contributed by atoms with van der Waals surface area (Å²) < 4.78 is 2.53. The number of benzene rings is 3. The third-order valence-corrected chi connectivity index (χ3v) is 13.4. The molecule has 0 unspecified atom stereocenters. The summed E-state index contributed by atoms with van der Waals surface area (Å²) in [6, 6.07) is 31.4. The summed E-state index contributed by atoms with van der Waals surface area (Å²) in [6.45, 7) is 42.1. The highest BCUT2D eigenvalue weighted by atomic mass is 15.0. The van der Waals surface area contributed by atoms with Crippen molar-refractivity contribution < 1.29 is 0 Å². The summed E-state index contributed by atoms with van der Waals surface area (Å²) in [6.07, 6.45) is 15.7. The lowest BCUT2D eigenvalue weighted by Crippen LogP contribution is -2.24. The number of aromatic amines is 1. The molecule has 0 saturated heterocycles. The van der Waals surface area contributed by atoms with E-state index >= 15 is 0 Å². The Kier molecular flexibility index (Phi) is 11.7. The summed E-state index contributed by atoms with van der Waals surface area (Å²) >= 11 is 0. The number of terminal acetylenes is 1. The molecule has 5 heterocycles. The van der Waals surface area contributed by atoms with Crippen molar-refractivity contribution in [3.8, 4) is 40.3 Å². The average molecular weight is 899 g/mol. The Bertz CT molecular complexity index is 3270. The summed E-state index contributed by atoms with van der Waals surface area (Å²) in [5.41, 5.74) is 20.1. The molecule has 3 aromatic carbocycles. The summed E-state index contributed by atoms with van der Waals surface area (Å²) in [7, 11) is 0. The van der Waals surface area contributed by atoms with Crippen LogP contribution in [0.15, 0.2) is 84.9 Å². The van der Waals surface area contributed by atoms with Gasteiger partial charge >= 0.3 is 0 Å². The molecule has 4 nitrogen and oxygen atoms in total. The van der Waals surface area contributed by atoms with Crippen molar-refractivity contribution in [3.63, 3.8) is 0 Å². The van der Waals surface area contributed by atoms with Crippen molar-refractivity contribution in [2.45, 2.75) is 157 Å². The van der Waals surface area contributed by atoms with Crippen LogP contribution >= 0.6 is 0 Å². The Balaban J connectivity index is 1.85. The zero-order chi connectivity index (χ0) is 49.7. The predicted octanol–water partition coefficient (Wildman–Crippen LogP) is 17.2. The topological polar surface area (TPSA) is 46.5 Å². The molecule has 0 spiro atoms. The van der Waals surface area contributed by atoms with E-state index in [0.717, 1.165) is 78.3 Å². The van der Waals surface area contributed by atoms with Gasteiger partial charge in [0, 0.05) is 22.2 Å². The van der Waals surface area contributed by atoms with E-state index in [1.807, 2.05) is 0 Å². The van der Waals surface area contributed by atoms with E-state index in [1.54, 1.807) is 0 Å². The second-order valence-electron chi connectivity index (χ2n) is 25.3. The molecule has 0 amide bonds. The maximum absolute atomic E-state index is 7.13. The normalized spacial score (nSPS) is 13.6. The van der Waals surface area contributed by atoms with Crippen LogP contribution in [0.3, 0.4) is 0 Å². The minimum atomic E-state index is -0.272. The molecule has 4 heteroatoms. The summed E-state index contributed by atoms with van der Waals surface area (Å²) in [5.74, 6) is 3.42. The SMILES string of the molecule is C#Cc1c(-c2cccc(C(C)(C)C)c2C(C)(C)C)c2c(-c3cccc(C(C)(C)C)c3C(C)(C)C)c3nc(cc4ccc(cc5nc(cc1n2-c1cccc(C(C)(C)C)c1C(C)(C)C)C=C5)[nH]4)C=C3. The first kappa shape index (κ1) is 48.3. The van der Waals surface area contributed by atoms with Crippen LogP contribution in [0.2, 0.25) is 0 Å². The second kappa shape index (κ2) is 16.5. The van der Waals surface area contributed by atoms with E-state index in [1.165, 1.54) is 33.4 Å². The molecular formula is C64H74N4.